The predicted molar refractivity (Wildman–Crippen MR) is 70.3 cm³/mol. The van der Waals surface area contributed by atoms with Gasteiger partial charge < -0.3 is 5.32 Å². The van der Waals surface area contributed by atoms with Gasteiger partial charge in [0.25, 0.3) is 0 Å². The van der Waals surface area contributed by atoms with Crippen LogP contribution in [0.15, 0.2) is 0 Å². The van der Waals surface area contributed by atoms with Crippen LogP contribution in [0.2, 0.25) is 0 Å². The number of hydrogen-bond donors (Lipinski definition) is 1. The normalized spacial score (nSPS) is 16.4. The Labute approximate surface area is 107 Å². The monoisotopic (exact) mass is 252 g/mol. The quantitative estimate of drug-likeness (QED) is 0.895. The molecule has 94 valence electrons. The molecule has 0 spiro atoms. The minimum atomic E-state index is 0.197. The van der Waals surface area contributed by atoms with Gasteiger partial charge in [0.2, 0.25) is 5.91 Å². The van der Waals surface area contributed by atoms with Gasteiger partial charge in [0, 0.05) is 17.3 Å². The minimum absolute atomic E-state index is 0.197. The minimum Gasteiger partial charge on any atom is -0.353 e. The first-order chi connectivity index (χ1) is 8.15. The van der Waals surface area contributed by atoms with E-state index in [1.165, 1.54) is 17.7 Å². The molecule has 0 unspecified atom stereocenters. The second-order valence-electron chi connectivity index (χ2n) is 4.79. The number of amides is 1. The Balaban J connectivity index is 1.77. The first kappa shape index (κ1) is 12.6. The molecule has 2 rings (SSSR count). The zero-order valence-corrected chi connectivity index (χ0v) is 11.4. The second kappa shape index (κ2) is 5.63. The van der Waals surface area contributed by atoms with E-state index in [9.17, 15) is 4.79 Å². The molecule has 0 atom stereocenters. The van der Waals surface area contributed by atoms with E-state index < -0.39 is 0 Å². The van der Waals surface area contributed by atoms with E-state index in [0.717, 1.165) is 30.0 Å². The standard InChI is InChI=1S/C13H20N2OS/c1-9-12(17-10(2)14-9)7-8-13(16)15-11-5-3-4-6-11/h11H,3-8H2,1-2H3,(H,15,16). The summed E-state index contributed by atoms with van der Waals surface area (Å²) < 4.78 is 0. The van der Waals surface area contributed by atoms with Crippen LogP contribution in [0.4, 0.5) is 0 Å². The number of aryl methyl sites for hydroxylation is 3. The summed E-state index contributed by atoms with van der Waals surface area (Å²) >= 11 is 1.71. The van der Waals surface area contributed by atoms with Crippen LogP contribution in [-0.4, -0.2) is 16.9 Å². The van der Waals surface area contributed by atoms with Gasteiger partial charge >= 0.3 is 0 Å². The summed E-state index contributed by atoms with van der Waals surface area (Å²) in [6.07, 6.45) is 6.26. The van der Waals surface area contributed by atoms with Crippen LogP contribution in [-0.2, 0) is 11.2 Å². The third-order valence-corrected chi connectivity index (χ3v) is 4.43. The van der Waals surface area contributed by atoms with Crippen LogP contribution < -0.4 is 5.32 Å². The van der Waals surface area contributed by atoms with Crippen molar-refractivity contribution in [2.75, 3.05) is 0 Å². The Hall–Kier alpha value is -0.900. The molecule has 1 heterocycles. The lowest BCUT2D eigenvalue weighted by molar-refractivity contribution is -0.121. The number of carbonyl (C=O) groups is 1. The molecule has 3 nitrogen and oxygen atoms in total. The van der Waals surface area contributed by atoms with Crippen LogP contribution in [0, 0.1) is 13.8 Å². The number of hydrogen-bond acceptors (Lipinski definition) is 3. The summed E-state index contributed by atoms with van der Waals surface area (Å²) in [5.41, 5.74) is 1.08. The van der Waals surface area contributed by atoms with Crippen molar-refractivity contribution in [1.82, 2.24) is 10.3 Å². The average Bonchev–Trinajstić information content (AvgIpc) is 2.86. The van der Waals surface area contributed by atoms with Crippen molar-refractivity contribution in [2.45, 2.75) is 58.4 Å². The van der Waals surface area contributed by atoms with Crippen molar-refractivity contribution in [3.05, 3.63) is 15.6 Å². The van der Waals surface area contributed by atoms with Crippen LogP contribution >= 0.6 is 11.3 Å². The van der Waals surface area contributed by atoms with Gasteiger partial charge in [-0.3, -0.25) is 4.79 Å². The molecule has 1 aromatic heterocycles. The van der Waals surface area contributed by atoms with Crippen LogP contribution in [0.25, 0.3) is 0 Å². The molecule has 1 aliphatic carbocycles. The molecule has 17 heavy (non-hydrogen) atoms. The number of carbonyl (C=O) groups excluding carboxylic acids is 1. The molecule has 0 bridgehead atoms. The lowest BCUT2D eigenvalue weighted by Gasteiger charge is -2.11. The van der Waals surface area contributed by atoms with E-state index >= 15 is 0 Å². The Morgan fingerprint density at radius 1 is 1.41 bits per heavy atom. The molecule has 4 heteroatoms. The summed E-state index contributed by atoms with van der Waals surface area (Å²) in [5, 5.41) is 4.21. The number of aromatic nitrogens is 1. The maximum Gasteiger partial charge on any atom is 0.220 e. The van der Waals surface area contributed by atoms with Crippen molar-refractivity contribution in [1.29, 1.82) is 0 Å². The van der Waals surface area contributed by atoms with Crippen molar-refractivity contribution in [2.24, 2.45) is 0 Å². The fourth-order valence-electron chi connectivity index (χ4n) is 2.40. The molecule has 1 amide bonds. The molecule has 0 aromatic carbocycles. The zero-order chi connectivity index (χ0) is 12.3. The van der Waals surface area contributed by atoms with E-state index in [-0.39, 0.29) is 5.91 Å². The summed E-state index contributed by atoms with van der Waals surface area (Å²) in [6.45, 7) is 4.04. The Bertz CT molecular complexity index is 394. The second-order valence-corrected chi connectivity index (χ2v) is 6.08. The van der Waals surface area contributed by atoms with Gasteiger partial charge in [-0.1, -0.05) is 12.8 Å². The highest BCUT2D eigenvalue weighted by Crippen LogP contribution is 2.20. The molecule has 1 aliphatic rings. The third kappa shape index (κ3) is 3.53. The van der Waals surface area contributed by atoms with Gasteiger partial charge in [0.05, 0.1) is 10.7 Å². The van der Waals surface area contributed by atoms with E-state index in [0.29, 0.717) is 12.5 Å². The Kier molecular flexibility index (Phi) is 4.15. The molecule has 1 N–H and O–H groups in total. The molecule has 1 saturated carbocycles. The van der Waals surface area contributed by atoms with Crippen molar-refractivity contribution in [3.63, 3.8) is 0 Å². The highest BCUT2D eigenvalue weighted by molar-refractivity contribution is 7.11. The molecule has 0 saturated heterocycles. The summed E-state index contributed by atoms with van der Waals surface area (Å²) in [6, 6.07) is 0.437. The molecule has 0 radical (unpaired) electrons. The topological polar surface area (TPSA) is 42.0 Å². The summed E-state index contributed by atoms with van der Waals surface area (Å²) in [4.78, 5) is 17.4. The number of thiazole rings is 1. The zero-order valence-electron chi connectivity index (χ0n) is 10.6. The molecule has 1 fully saturated rings. The fraction of sp³-hybridized carbons (Fsp3) is 0.692. The summed E-state index contributed by atoms with van der Waals surface area (Å²) in [5.74, 6) is 0.197. The van der Waals surface area contributed by atoms with Crippen LogP contribution in [0.3, 0.4) is 0 Å². The van der Waals surface area contributed by atoms with E-state index in [1.807, 2.05) is 13.8 Å². The van der Waals surface area contributed by atoms with E-state index in [4.69, 9.17) is 0 Å². The average molecular weight is 252 g/mol. The molecular weight excluding hydrogens is 232 g/mol. The number of rotatable bonds is 4. The van der Waals surface area contributed by atoms with E-state index in [1.54, 1.807) is 11.3 Å². The third-order valence-electron chi connectivity index (χ3n) is 3.30. The Morgan fingerprint density at radius 3 is 2.71 bits per heavy atom. The van der Waals surface area contributed by atoms with Gasteiger partial charge in [-0.15, -0.1) is 11.3 Å². The van der Waals surface area contributed by atoms with E-state index in [2.05, 4.69) is 10.3 Å². The highest BCUT2D eigenvalue weighted by atomic mass is 32.1. The SMILES string of the molecule is Cc1nc(C)c(CCC(=O)NC2CCCC2)s1. The van der Waals surface area contributed by atoms with Crippen molar-refractivity contribution >= 4 is 17.2 Å². The van der Waals surface area contributed by atoms with Gasteiger partial charge in [-0.2, -0.15) is 0 Å². The number of nitrogens with zero attached hydrogens (tertiary/aromatic N) is 1. The maximum atomic E-state index is 11.8. The Morgan fingerprint density at radius 2 is 2.12 bits per heavy atom. The first-order valence-corrected chi connectivity index (χ1v) is 7.19. The smallest absolute Gasteiger partial charge is 0.220 e. The summed E-state index contributed by atoms with van der Waals surface area (Å²) in [7, 11) is 0. The van der Waals surface area contributed by atoms with Crippen molar-refractivity contribution in [3.8, 4) is 0 Å². The number of nitrogens with one attached hydrogen (secondary N) is 1. The van der Waals surface area contributed by atoms with Crippen molar-refractivity contribution < 1.29 is 4.79 Å². The lowest BCUT2D eigenvalue weighted by Crippen LogP contribution is -2.32. The van der Waals surface area contributed by atoms with Crippen LogP contribution in [0.1, 0.15) is 47.7 Å². The first-order valence-electron chi connectivity index (χ1n) is 6.37. The highest BCUT2D eigenvalue weighted by Gasteiger charge is 2.17. The molecule has 1 aromatic rings. The fourth-order valence-corrected chi connectivity index (χ4v) is 3.34. The largest absolute Gasteiger partial charge is 0.353 e. The van der Waals surface area contributed by atoms with Gasteiger partial charge in [-0.25, -0.2) is 4.98 Å². The van der Waals surface area contributed by atoms with Gasteiger partial charge in [0.15, 0.2) is 0 Å². The van der Waals surface area contributed by atoms with Gasteiger partial charge in [0.1, 0.15) is 0 Å². The molecule has 0 aliphatic heterocycles. The predicted octanol–water partition coefficient (Wildman–Crippen LogP) is 2.75. The molecular formula is C13H20N2OS. The van der Waals surface area contributed by atoms with Crippen LogP contribution in [0.5, 0.6) is 0 Å². The lowest BCUT2D eigenvalue weighted by atomic mass is 10.2. The maximum absolute atomic E-state index is 11.8. The van der Waals surface area contributed by atoms with Gasteiger partial charge in [-0.05, 0) is 33.1 Å².